The van der Waals surface area contributed by atoms with Crippen LogP contribution in [0.2, 0.25) is 0 Å². The molecule has 0 bridgehead atoms. The molecule has 1 aromatic rings. The number of hydrogen-bond donors (Lipinski definition) is 0. The quantitative estimate of drug-likeness (QED) is 0.799. The number of carbonyl (C=O) groups excluding carboxylic acids is 1. The summed E-state index contributed by atoms with van der Waals surface area (Å²) in [6, 6.07) is 1.53. The third-order valence-electron chi connectivity index (χ3n) is 4.23. The Bertz CT molecular complexity index is 585. The van der Waals surface area contributed by atoms with Crippen LogP contribution in [-0.4, -0.2) is 30.4 Å². The van der Waals surface area contributed by atoms with Gasteiger partial charge in [-0.05, 0) is 39.7 Å². The van der Waals surface area contributed by atoms with E-state index in [0.717, 1.165) is 13.0 Å². The van der Waals surface area contributed by atoms with Gasteiger partial charge in [0.1, 0.15) is 0 Å². The monoisotopic (exact) mass is 293 g/mol. The van der Waals surface area contributed by atoms with E-state index in [1.807, 2.05) is 13.8 Å². The maximum atomic E-state index is 12.4. The van der Waals surface area contributed by atoms with Crippen LogP contribution in [0, 0.1) is 19.8 Å². The number of hydrogen-bond acceptors (Lipinski definition) is 4. The highest BCUT2D eigenvalue weighted by Crippen LogP contribution is 2.27. The lowest BCUT2D eigenvalue weighted by atomic mass is 9.98. The number of aromatic nitrogens is 1. The molecule has 21 heavy (non-hydrogen) atoms. The molecule has 0 spiro atoms. The summed E-state index contributed by atoms with van der Waals surface area (Å²) in [4.78, 5) is 24.5. The molecule has 2 heterocycles. The van der Waals surface area contributed by atoms with E-state index >= 15 is 0 Å². The molecule has 0 radical (unpaired) electrons. The Hall–Kier alpha value is -1.62. The molecule has 1 saturated heterocycles. The third-order valence-corrected chi connectivity index (χ3v) is 4.23. The standard InChI is InChI=1S/C16H23NO4/c1-5-21-16(19)15-10(2)8-14(18)17(12(15)4)11(3)13-6-7-20-9-13/h8,11,13H,5-7,9H2,1-4H3. The highest BCUT2D eigenvalue weighted by molar-refractivity contribution is 5.92. The second-order valence-corrected chi connectivity index (χ2v) is 5.58. The highest BCUT2D eigenvalue weighted by atomic mass is 16.5. The van der Waals surface area contributed by atoms with Crippen LogP contribution in [0.5, 0.6) is 0 Å². The summed E-state index contributed by atoms with van der Waals surface area (Å²) >= 11 is 0. The van der Waals surface area contributed by atoms with Crippen molar-refractivity contribution in [1.82, 2.24) is 4.57 Å². The van der Waals surface area contributed by atoms with Gasteiger partial charge >= 0.3 is 5.97 Å². The summed E-state index contributed by atoms with van der Waals surface area (Å²) in [6.07, 6.45) is 0.940. The molecule has 0 aliphatic carbocycles. The topological polar surface area (TPSA) is 57.5 Å². The Morgan fingerprint density at radius 2 is 2.24 bits per heavy atom. The minimum atomic E-state index is -0.365. The predicted octanol–water partition coefficient (Wildman–Crippen LogP) is 2.24. The molecule has 1 fully saturated rings. The summed E-state index contributed by atoms with van der Waals surface area (Å²) in [5.41, 5.74) is 1.78. The van der Waals surface area contributed by atoms with E-state index in [0.29, 0.717) is 36.0 Å². The fourth-order valence-corrected chi connectivity index (χ4v) is 3.06. The van der Waals surface area contributed by atoms with E-state index in [-0.39, 0.29) is 17.6 Å². The first-order chi connectivity index (χ1) is 9.97. The zero-order valence-corrected chi connectivity index (χ0v) is 13.1. The Balaban J connectivity index is 2.48. The molecule has 1 aliphatic rings. The van der Waals surface area contributed by atoms with Crippen molar-refractivity contribution >= 4 is 5.97 Å². The smallest absolute Gasteiger partial charge is 0.340 e. The van der Waals surface area contributed by atoms with E-state index in [1.165, 1.54) is 6.07 Å². The first-order valence-corrected chi connectivity index (χ1v) is 7.45. The summed E-state index contributed by atoms with van der Waals surface area (Å²) < 4.78 is 12.2. The zero-order valence-electron chi connectivity index (χ0n) is 13.1. The summed E-state index contributed by atoms with van der Waals surface area (Å²) in [5, 5.41) is 0. The van der Waals surface area contributed by atoms with Crippen molar-refractivity contribution in [2.24, 2.45) is 5.92 Å². The normalized spacial score (nSPS) is 19.5. The Kier molecular flexibility index (Phi) is 4.83. The number of nitrogens with zero attached hydrogens (tertiary/aromatic N) is 1. The van der Waals surface area contributed by atoms with Gasteiger partial charge in [0.2, 0.25) is 0 Å². The molecule has 0 saturated carbocycles. The number of aryl methyl sites for hydroxylation is 1. The third kappa shape index (κ3) is 3.02. The minimum absolute atomic E-state index is 0.00813. The van der Waals surface area contributed by atoms with Crippen LogP contribution in [0.3, 0.4) is 0 Å². The largest absolute Gasteiger partial charge is 0.462 e. The van der Waals surface area contributed by atoms with Crippen molar-refractivity contribution < 1.29 is 14.3 Å². The van der Waals surface area contributed by atoms with Gasteiger partial charge in [-0.25, -0.2) is 4.79 Å². The minimum Gasteiger partial charge on any atom is -0.462 e. The predicted molar refractivity (Wildman–Crippen MR) is 79.8 cm³/mol. The molecular formula is C16H23NO4. The van der Waals surface area contributed by atoms with Gasteiger partial charge in [-0.3, -0.25) is 4.79 Å². The van der Waals surface area contributed by atoms with Gasteiger partial charge in [0.25, 0.3) is 5.56 Å². The molecule has 5 heteroatoms. The summed E-state index contributed by atoms with van der Waals surface area (Å²) in [5.74, 6) is -0.0599. The van der Waals surface area contributed by atoms with Gasteiger partial charge in [-0.2, -0.15) is 0 Å². The van der Waals surface area contributed by atoms with E-state index in [1.54, 1.807) is 18.4 Å². The molecular weight excluding hydrogens is 270 g/mol. The lowest BCUT2D eigenvalue weighted by molar-refractivity contribution is 0.0523. The highest BCUT2D eigenvalue weighted by Gasteiger charge is 2.27. The molecule has 0 aromatic carbocycles. The van der Waals surface area contributed by atoms with Crippen molar-refractivity contribution in [3.8, 4) is 0 Å². The number of carbonyl (C=O) groups is 1. The molecule has 2 rings (SSSR count). The van der Waals surface area contributed by atoms with Crippen molar-refractivity contribution in [2.75, 3.05) is 19.8 Å². The van der Waals surface area contributed by atoms with Crippen molar-refractivity contribution in [1.29, 1.82) is 0 Å². The molecule has 2 atom stereocenters. The van der Waals surface area contributed by atoms with Crippen LogP contribution in [0.4, 0.5) is 0 Å². The van der Waals surface area contributed by atoms with Crippen molar-refractivity contribution in [2.45, 2.75) is 40.2 Å². The summed E-state index contributed by atoms with van der Waals surface area (Å²) in [7, 11) is 0. The molecule has 2 unspecified atom stereocenters. The molecule has 1 aliphatic heterocycles. The molecule has 0 N–H and O–H groups in total. The maximum Gasteiger partial charge on any atom is 0.340 e. The van der Waals surface area contributed by atoms with Gasteiger partial charge in [-0.1, -0.05) is 0 Å². The van der Waals surface area contributed by atoms with Gasteiger partial charge in [0.05, 0.1) is 18.8 Å². The number of rotatable bonds is 4. The second kappa shape index (κ2) is 6.43. The van der Waals surface area contributed by atoms with E-state index in [4.69, 9.17) is 9.47 Å². The second-order valence-electron chi connectivity index (χ2n) is 5.58. The lowest BCUT2D eigenvalue weighted by Crippen LogP contribution is -2.32. The maximum absolute atomic E-state index is 12.4. The first-order valence-electron chi connectivity index (χ1n) is 7.45. The number of esters is 1. The Morgan fingerprint density at radius 3 is 2.81 bits per heavy atom. The van der Waals surface area contributed by atoms with Gasteiger partial charge in [0.15, 0.2) is 0 Å². The van der Waals surface area contributed by atoms with Crippen LogP contribution >= 0.6 is 0 Å². The van der Waals surface area contributed by atoms with Crippen LogP contribution in [0.15, 0.2) is 10.9 Å². The van der Waals surface area contributed by atoms with E-state index < -0.39 is 0 Å². The SMILES string of the molecule is CCOC(=O)c1c(C)cc(=O)n(C(C)C2CCOC2)c1C. The van der Waals surface area contributed by atoms with Crippen LogP contribution in [-0.2, 0) is 9.47 Å². The van der Waals surface area contributed by atoms with Crippen LogP contribution in [0.25, 0.3) is 0 Å². The molecule has 5 nitrogen and oxygen atoms in total. The Morgan fingerprint density at radius 1 is 1.52 bits per heavy atom. The average Bonchev–Trinajstić information content (AvgIpc) is 2.91. The number of ether oxygens (including phenoxy) is 2. The van der Waals surface area contributed by atoms with E-state index in [9.17, 15) is 9.59 Å². The molecule has 1 aromatic heterocycles. The zero-order chi connectivity index (χ0) is 15.6. The average molecular weight is 293 g/mol. The number of pyridine rings is 1. The fraction of sp³-hybridized carbons (Fsp3) is 0.625. The van der Waals surface area contributed by atoms with Crippen LogP contribution < -0.4 is 5.56 Å². The molecule has 0 amide bonds. The van der Waals surface area contributed by atoms with Gasteiger partial charge in [-0.15, -0.1) is 0 Å². The fourth-order valence-electron chi connectivity index (χ4n) is 3.06. The summed E-state index contributed by atoms with van der Waals surface area (Å²) in [6.45, 7) is 9.09. The lowest BCUT2D eigenvalue weighted by Gasteiger charge is -2.24. The van der Waals surface area contributed by atoms with Gasteiger partial charge < -0.3 is 14.0 Å². The van der Waals surface area contributed by atoms with Crippen molar-refractivity contribution in [3.05, 3.63) is 33.2 Å². The van der Waals surface area contributed by atoms with Crippen molar-refractivity contribution in [3.63, 3.8) is 0 Å². The Labute approximate surface area is 124 Å². The molecule has 116 valence electrons. The van der Waals surface area contributed by atoms with Crippen LogP contribution in [0.1, 0.15) is 47.9 Å². The first kappa shape index (κ1) is 15.8. The van der Waals surface area contributed by atoms with Gasteiger partial charge in [0, 0.05) is 30.3 Å². The van der Waals surface area contributed by atoms with E-state index in [2.05, 4.69) is 0 Å².